The molecule has 1 N–H and O–H groups in total. The first-order valence-corrected chi connectivity index (χ1v) is 6.10. The van der Waals surface area contributed by atoms with Gasteiger partial charge in [-0.05, 0) is 24.6 Å². The van der Waals surface area contributed by atoms with Crippen molar-refractivity contribution in [1.29, 1.82) is 5.26 Å². The Kier molecular flexibility index (Phi) is 4.04. The Balaban J connectivity index is 2.13. The van der Waals surface area contributed by atoms with Crippen LogP contribution in [0.2, 0.25) is 0 Å². The summed E-state index contributed by atoms with van der Waals surface area (Å²) in [6.07, 6.45) is 0. The molecule has 0 fully saturated rings. The van der Waals surface area contributed by atoms with Crippen LogP contribution in [-0.2, 0) is 6.54 Å². The number of hydrogen-bond donors (Lipinski definition) is 1. The molecule has 0 amide bonds. The van der Waals surface area contributed by atoms with Gasteiger partial charge in [0.2, 0.25) is 0 Å². The van der Waals surface area contributed by atoms with Gasteiger partial charge < -0.3 is 10.1 Å². The Morgan fingerprint density at radius 3 is 2.74 bits per heavy atom. The predicted octanol–water partition coefficient (Wildman–Crippen LogP) is 3.49. The molecular weight excluding hydrogens is 236 g/mol. The van der Waals surface area contributed by atoms with Crippen molar-refractivity contribution in [3.05, 3.63) is 59.2 Å². The molecule has 96 valence electrons. The summed E-state index contributed by atoms with van der Waals surface area (Å²) in [5.74, 6) is 0.687. The first-order valence-electron chi connectivity index (χ1n) is 6.10. The quantitative estimate of drug-likeness (QED) is 0.906. The zero-order valence-corrected chi connectivity index (χ0v) is 11.1. The van der Waals surface area contributed by atoms with Gasteiger partial charge in [-0.1, -0.05) is 29.8 Å². The van der Waals surface area contributed by atoms with Crippen molar-refractivity contribution in [3.8, 4) is 11.8 Å². The monoisotopic (exact) mass is 252 g/mol. The third kappa shape index (κ3) is 3.26. The van der Waals surface area contributed by atoms with Crippen molar-refractivity contribution in [2.75, 3.05) is 12.4 Å². The fraction of sp³-hybridized carbons (Fsp3) is 0.188. The molecule has 0 unspecified atom stereocenters. The summed E-state index contributed by atoms with van der Waals surface area (Å²) in [4.78, 5) is 0. The number of aryl methyl sites for hydroxylation is 1. The van der Waals surface area contributed by atoms with Gasteiger partial charge >= 0.3 is 0 Å². The maximum Gasteiger partial charge on any atom is 0.143 e. The molecule has 0 bridgehead atoms. The van der Waals surface area contributed by atoms with E-state index in [1.165, 1.54) is 11.1 Å². The predicted molar refractivity (Wildman–Crippen MR) is 76.2 cm³/mol. The molecule has 0 radical (unpaired) electrons. The molecule has 3 heteroatoms. The second-order valence-corrected chi connectivity index (χ2v) is 4.37. The third-order valence-corrected chi connectivity index (χ3v) is 2.90. The number of hydrogen-bond acceptors (Lipinski definition) is 3. The van der Waals surface area contributed by atoms with E-state index in [0.717, 1.165) is 12.2 Å². The second-order valence-electron chi connectivity index (χ2n) is 4.37. The fourth-order valence-corrected chi connectivity index (χ4v) is 1.93. The van der Waals surface area contributed by atoms with Gasteiger partial charge in [0.25, 0.3) is 0 Å². The third-order valence-electron chi connectivity index (χ3n) is 2.90. The minimum atomic E-state index is 0.595. The molecule has 2 aromatic rings. The Bertz CT molecular complexity index is 614. The van der Waals surface area contributed by atoms with Gasteiger partial charge in [0.15, 0.2) is 0 Å². The molecule has 0 saturated carbocycles. The van der Waals surface area contributed by atoms with E-state index in [1.54, 1.807) is 19.2 Å². The van der Waals surface area contributed by atoms with E-state index in [-0.39, 0.29) is 0 Å². The lowest BCUT2D eigenvalue weighted by atomic mass is 10.1. The Hall–Kier alpha value is -2.47. The number of ether oxygens (including phenoxy) is 1. The van der Waals surface area contributed by atoms with Crippen LogP contribution in [0.1, 0.15) is 16.7 Å². The smallest absolute Gasteiger partial charge is 0.143 e. The molecule has 3 nitrogen and oxygen atoms in total. The summed E-state index contributed by atoms with van der Waals surface area (Å²) < 4.78 is 5.29. The molecule has 0 aliphatic rings. The van der Waals surface area contributed by atoms with Gasteiger partial charge in [-0.15, -0.1) is 0 Å². The van der Waals surface area contributed by atoms with Crippen LogP contribution in [0, 0.1) is 18.3 Å². The molecule has 0 atom stereocenters. The maximum atomic E-state index is 8.86. The van der Waals surface area contributed by atoms with Crippen LogP contribution in [0.25, 0.3) is 0 Å². The first-order chi connectivity index (χ1) is 9.22. The van der Waals surface area contributed by atoms with Crippen molar-refractivity contribution < 1.29 is 4.74 Å². The lowest BCUT2D eigenvalue weighted by Crippen LogP contribution is -2.01. The average Bonchev–Trinajstić information content (AvgIpc) is 2.45. The molecule has 0 aliphatic carbocycles. The van der Waals surface area contributed by atoms with Gasteiger partial charge in [-0.2, -0.15) is 5.26 Å². The van der Waals surface area contributed by atoms with Crippen LogP contribution in [0.3, 0.4) is 0 Å². The molecule has 0 spiro atoms. The summed E-state index contributed by atoms with van der Waals surface area (Å²) in [6.45, 7) is 2.80. The normalized spacial score (nSPS) is 9.74. The van der Waals surface area contributed by atoms with E-state index in [0.29, 0.717) is 11.3 Å². The standard InChI is InChI=1S/C16H16N2O/c1-12-4-3-5-14(8-12)11-18-15-7-6-13(10-17)9-16(15)19-2/h3-9,18H,11H2,1-2H3. The zero-order valence-electron chi connectivity index (χ0n) is 11.1. The van der Waals surface area contributed by atoms with Crippen molar-refractivity contribution in [3.63, 3.8) is 0 Å². The van der Waals surface area contributed by atoms with Gasteiger partial charge in [0.1, 0.15) is 5.75 Å². The van der Waals surface area contributed by atoms with Crippen LogP contribution < -0.4 is 10.1 Å². The molecule has 2 aromatic carbocycles. The highest BCUT2D eigenvalue weighted by Crippen LogP contribution is 2.25. The van der Waals surface area contributed by atoms with Crippen LogP contribution in [0.4, 0.5) is 5.69 Å². The number of rotatable bonds is 4. The highest BCUT2D eigenvalue weighted by atomic mass is 16.5. The van der Waals surface area contributed by atoms with E-state index in [2.05, 4.69) is 36.5 Å². The van der Waals surface area contributed by atoms with Gasteiger partial charge in [-0.25, -0.2) is 0 Å². The lowest BCUT2D eigenvalue weighted by molar-refractivity contribution is 0.416. The summed E-state index contributed by atoms with van der Waals surface area (Å²) in [7, 11) is 1.61. The minimum Gasteiger partial charge on any atom is -0.495 e. The highest BCUT2D eigenvalue weighted by molar-refractivity contribution is 5.59. The topological polar surface area (TPSA) is 45.0 Å². The highest BCUT2D eigenvalue weighted by Gasteiger charge is 2.04. The number of nitrogens with zero attached hydrogens (tertiary/aromatic N) is 1. The van der Waals surface area contributed by atoms with Gasteiger partial charge in [-0.3, -0.25) is 0 Å². The van der Waals surface area contributed by atoms with E-state index in [9.17, 15) is 0 Å². The Morgan fingerprint density at radius 2 is 2.05 bits per heavy atom. The number of methoxy groups -OCH3 is 1. The molecule has 0 heterocycles. The average molecular weight is 252 g/mol. The number of nitrogens with one attached hydrogen (secondary N) is 1. The van der Waals surface area contributed by atoms with Crippen molar-refractivity contribution in [2.24, 2.45) is 0 Å². The Morgan fingerprint density at radius 1 is 1.21 bits per heavy atom. The second kappa shape index (κ2) is 5.92. The van der Waals surface area contributed by atoms with Crippen LogP contribution in [0.5, 0.6) is 5.75 Å². The van der Waals surface area contributed by atoms with E-state index < -0.39 is 0 Å². The molecule has 0 aliphatic heterocycles. The SMILES string of the molecule is COc1cc(C#N)ccc1NCc1cccc(C)c1. The molecule has 0 aromatic heterocycles. The zero-order chi connectivity index (χ0) is 13.7. The van der Waals surface area contributed by atoms with Crippen LogP contribution >= 0.6 is 0 Å². The molecule has 0 saturated heterocycles. The summed E-state index contributed by atoms with van der Waals surface area (Å²) in [5, 5.41) is 12.2. The largest absolute Gasteiger partial charge is 0.495 e. The maximum absolute atomic E-state index is 8.86. The van der Waals surface area contributed by atoms with Crippen LogP contribution in [0.15, 0.2) is 42.5 Å². The van der Waals surface area contributed by atoms with Gasteiger partial charge in [0.05, 0.1) is 24.4 Å². The van der Waals surface area contributed by atoms with E-state index in [1.807, 2.05) is 12.1 Å². The summed E-state index contributed by atoms with van der Waals surface area (Å²) >= 11 is 0. The van der Waals surface area contributed by atoms with Crippen molar-refractivity contribution in [2.45, 2.75) is 13.5 Å². The summed E-state index contributed by atoms with van der Waals surface area (Å²) in [5.41, 5.74) is 3.94. The van der Waals surface area contributed by atoms with Crippen molar-refractivity contribution in [1.82, 2.24) is 0 Å². The lowest BCUT2D eigenvalue weighted by Gasteiger charge is -2.11. The molecular formula is C16H16N2O. The van der Waals surface area contributed by atoms with Crippen LogP contribution in [-0.4, -0.2) is 7.11 Å². The van der Waals surface area contributed by atoms with Gasteiger partial charge in [0, 0.05) is 12.6 Å². The van der Waals surface area contributed by atoms with E-state index in [4.69, 9.17) is 10.00 Å². The Labute approximate surface area is 113 Å². The summed E-state index contributed by atoms with van der Waals surface area (Å²) in [6, 6.07) is 15.8. The number of anilines is 1. The minimum absolute atomic E-state index is 0.595. The first kappa shape index (κ1) is 13.0. The number of benzene rings is 2. The molecule has 19 heavy (non-hydrogen) atoms. The van der Waals surface area contributed by atoms with E-state index >= 15 is 0 Å². The molecule has 2 rings (SSSR count). The fourth-order valence-electron chi connectivity index (χ4n) is 1.93. The number of nitriles is 1. The van der Waals surface area contributed by atoms with Crippen molar-refractivity contribution >= 4 is 5.69 Å².